The second-order valence-electron chi connectivity index (χ2n) is 3.48. The highest BCUT2D eigenvalue weighted by atomic mass is 15.1. The van der Waals surface area contributed by atoms with Gasteiger partial charge in [-0.1, -0.05) is 49.4 Å². The van der Waals surface area contributed by atoms with E-state index in [0.717, 1.165) is 13.0 Å². The van der Waals surface area contributed by atoms with Gasteiger partial charge in [-0.2, -0.15) is 0 Å². The number of anilines is 1. The summed E-state index contributed by atoms with van der Waals surface area (Å²) in [5.41, 5.74) is 1.25. The van der Waals surface area contributed by atoms with Gasteiger partial charge in [0.15, 0.2) is 0 Å². The molecule has 0 aliphatic carbocycles. The van der Waals surface area contributed by atoms with Gasteiger partial charge >= 0.3 is 0 Å². The van der Waals surface area contributed by atoms with E-state index < -0.39 is 0 Å². The molecule has 0 heterocycles. The van der Waals surface area contributed by atoms with Crippen LogP contribution in [0.3, 0.4) is 0 Å². The molecular formula is C14H19N. The van der Waals surface area contributed by atoms with Gasteiger partial charge in [0.05, 0.1) is 0 Å². The van der Waals surface area contributed by atoms with Crippen molar-refractivity contribution in [1.82, 2.24) is 0 Å². The van der Waals surface area contributed by atoms with Crippen LogP contribution in [0.5, 0.6) is 0 Å². The second kappa shape index (κ2) is 6.88. The molecular weight excluding hydrogens is 182 g/mol. The zero-order valence-electron chi connectivity index (χ0n) is 9.56. The number of benzene rings is 1. The van der Waals surface area contributed by atoms with Crippen molar-refractivity contribution >= 4 is 5.69 Å². The minimum Gasteiger partial charge on any atom is -0.371 e. The fraction of sp³-hybridized carbons (Fsp3) is 0.286. The second-order valence-corrected chi connectivity index (χ2v) is 3.48. The predicted molar refractivity (Wildman–Crippen MR) is 68.3 cm³/mol. The number of allylic oxidation sites excluding steroid dienone is 3. The van der Waals surface area contributed by atoms with Crippen molar-refractivity contribution in [3.63, 3.8) is 0 Å². The summed E-state index contributed by atoms with van der Waals surface area (Å²) in [6.07, 6.45) is 9.61. The fourth-order valence-corrected chi connectivity index (χ4v) is 1.30. The van der Waals surface area contributed by atoms with E-state index in [2.05, 4.69) is 67.4 Å². The number of nitrogens with zero attached hydrogens (tertiary/aromatic N) is 1. The minimum absolute atomic E-state index is 0.943. The van der Waals surface area contributed by atoms with Gasteiger partial charge in [0.1, 0.15) is 0 Å². The van der Waals surface area contributed by atoms with Gasteiger partial charge in [-0.05, 0) is 18.6 Å². The lowest BCUT2D eigenvalue weighted by Crippen LogP contribution is -2.16. The number of rotatable bonds is 5. The van der Waals surface area contributed by atoms with Crippen LogP contribution >= 0.6 is 0 Å². The smallest absolute Gasteiger partial charge is 0.0366 e. The van der Waals surface area contributed by atoms with Crippen LogP contribution in [0.25, 0.3) is 0 Å². The standard InChI is InChI=1S/C14H19N/c1-3-4-5-6-10-13-15(2)14-11-8-7-9-12-14/h4-12H,3,13H2,1-2H3/b5-4-,10-6-. The Morgan fingerprint density at radius 1 is 1.07 bits per heavy atom. The summed E-state index contributed by atoms with van der Waals surface area (Å²) in [6.45, 7) is 3.08. The van der Waals surface area contributed by atoms with E-state index in [1.54, 1.807) is 0 Å². The van der Waals surface area contributed by atoms with E-state index in [4.69, 9.17) is 0 Å². The van der Waals surface area contributed by atoms with Crippen molar-refractivity contribution in [1.29, 1.82) is 0 Å². The summed E-state index contributed by atoms with van der Waals surface area (Å²) in [5.74, 6) is 0. The molecule has 0 radical (unpaired) electrons. The largest absolute Gasteiger partial charge is 0.371 e. The lowest BCUT2D eigenvalue weighted by molar-refractivity contribution is 1.03. The van der Waals surface area contributed by atoms with Gasteiger partial charge in [-0.25, -0.2) is 0 Å². The zero-order chi connectivity index (χ0) is 10.9. The Balaban J connectivity index is 2.40. The maximum Gasteiger partial charge on any atom is 0.0366 e. The Bertz CT molecular complexity index is 311. The van der Waals surface area contributed by atoms with Gasteiger partial charge < -0.3 is 4.90 Å². The highest BCUT2D eigenvalue weighted by Crippen LogP contribution is 2.10. The van der Waals surface area contributed by atoms with Gasteiger partial charge in [0, 0.05) is 19.3 Å². The summed E-state index contributed by atoms with van der Waals surface area (Å²) in [5, 5.41) is 0. The maximum absolute atomic E-state index is 2.22. The summed E-state index contributed by atoms with van der Waals surface area (Å²) >= 11 is 0. The summed E-state index contributed by atoms with van der Waals surface area (Å²) < 4.78 is 0. The highest BCUT2D eigenvalue weighted by molar-refractivity contribution is 5.45. The first-order valence-electron chi connectivity index (χ1n) is 5.42. The van der Waals surface area contributed by atoms with E-state index in [-0.39, 0.29) is 0 Å². The molecule has 0 aromatic heterocycles. The van der Waals surface area contributed by atoms with Crippen molar-refractivity contribution in [2.75, 3.05) is 18.5 Å². The van der Waals surface area contributed by atoms with Crippen LogP contribution < -0.4 is 4.90 Å². The fourth-order valence-electron chi connectivity index (χ4n) is 1.30. The molecule has 0 bridgehead atoms. The Kier molecular flexibility index (Phi) is 5.31. The number of hydrogen-bond acceptors (Lipinski definition) is 1. The van der Waals surface area contributed by atoms with Crippen LogP contribution in [0.15, 0.2) is 54.6 Å². The van der Waals surface area contributed by atoms with Crippen molar-refractivity contribution in [2.24, 2.45) is 0 Å². The Morgan fingerprint density at radius 2 is 1.73 bits per heavy atom. The van der Waals surface area contributed by atoms with Crippen molar-refractivity contribution in [2.45, 2.75) is 13.3 Å². The Labute approximate surface area is 92.7 Å². The first-order valence-corrected chi connectivity index (χ1v) is 5.42. The topological polar surface area (TPSA) is 3.24 Å². The number of hydrogen-bond donors (Lipinski definition) is 0. The molecule has 1 aromatic rings. The average molecular weight is 201 g/mol. The summed E-state index contributed by atoms with van der Waals surface area (Å²) in [7, 11) is 2.10. The Hall–Kier alpha value is -1.50. The SMILES string of the molecule is CC/C=C\C=C/CN(C)c1ccccc1. The van der Waals surface area contributed by atoms with Crippen LogP contribution in [0, 0.1) is 0 Å². The summed E-state index contributed by atoms with van der Waals surface area (Å²) in [4.78, 5) is 2.22. The highest BCUT2D eigenvalue weighted by Gasteiger charge is 1.94. The summed E-state index contributed by atoms with van der Waals surface area (Å²) in [6, 6.07) is 10.4. The Morgan fingerprint density at radius 3 is 2.40 bits per heavy atom. The normalized spacial score (nSPS) is 11.3. The third-order valence-electron chi connectivity index (χ3n) is 2.20. The molecule has 0 N–H and O–H groups in total. The molecule has 0 saturated heterocycles. The van der Waals surface area contributed by atoms with E-state index >= 15 is 0 Å². The van der Waals surface area contributed by atoms with Crippen LogP contribution in [0.4, 0.5) is 5.69 Å². The van der Waals surface area contributed by atoms with Crippen LogP contribution in [-0.4, -0.2) is 13.6 Å². The van der Waals surface area contributed by atoms with Crippen molar-refractivity contribution < 1.29 is 0 Å². The lowest BCUT2D eigenvalue weighted by Gasteiger charge is -2.16. The number of para-hydroxylation sites is 1. The first kappa shape index (κ1) is 11.6. The maximum atomic E-state index is 2.22. The predicted octanol–water partition coefficient (Wildman–Crippen LogP) is 3.65. The molecule has 0 spiro atoms. The third kappa shape index (κ3) is 4.50. The minimum atomic E-state index is 0.943. The molecule has 80 valence electrons. The molecule has 0 fully saturated rings. The van der Waals surface area contributed by atoms with E-state index in [1.165, 1.54) is 5.69 Å². The quantitative estimate of drug-likeness (QED) is 0.657. The van der Waals surface area contributed by atoms with Gasteiger partial charge in [0.25, 0.3) is 0 Å². The van der Waals surface area contributed by atoms with Gasteiger partial charge in [-0.3, -0.25) is 0 Å². The molecule has 0 aliphatic heterocycles. The van der Waals surface area contributed by atoms with Crippen LogP contribution in [0.1, 0.15) is 13.3 Å². The van der Waals surface area contributed by atoms with Crippen LogP contribution in [-0.2, 0) is 0 Å². The monoisotopic (exact) mass is 201 g/mol. The zero-order valence-corrected chi connectivity index (χ0v) is 9.56. The van der Waals surface area contributed by atoms with Gasteiger partial charge in [0.2, 0.25) is 0 Å². The molecule has 1 nitrogen and oxygen atoms in total. The van der Waals surface area contributed by atoms with Crippen molar-refractivity contribution in [3.8, 4) is 0 Å². The molecule has 1 heteroatoms. The molecule has 0 saturated carbocycles. The molecule has 0 aliphatic rings. The van der Waals surface area contributed by atoms with Crippen LogP contribution in [0.2, 0.25) is 0 Å². The molecule has 1 aromatic carbocycles. The van der Waals surface area contributed by atoms with Gasteiger partial charge in [-0.15, -0.1) is 0 Å². The third-order valence-corrected chi connectivity index (χ3v) is 2.20. The van der Waals surface area contributed by atoms with Crippen molar-refractivity contribution in [3.05, 3.63) is 54.6 Å². The average Bonchev–Trinajstić information content (AvgIpc) is 2.30. The molecule has 0 unspecified atom stereocenters. The van der Waals surface area contributed by atoms with E-state index in [9.17, 15) is 0 Å². The van der Waals surface area contributed by atoms with E-state index in [0.29, 0.717) is 0 Å². The molecule has 0 amide bonds. The lowest BCUT2D eigenvalue weighted by atomic mass is 10.3. The number of likely N-dealkylation sites (N-methyl/N-ethyl adjacent to an activating group) is 1. The molecule has 1 rings (SSSR count). The van der Waals surface area contributed by atoms with E-state index in [1.807, 2.05) is 6.07 Å². The molecule has 15 heavy (non-hydrogen) atoms. The first-order chi connectivity index (χ1) is 7.34. The molecule has 0 atom stereocenters.